The summed E-state index contributed by atoms with van der Waals surface area (Å²) in [5.41, 5.74) is 21.8. The first kappa shape index (κ1) is 53.3. The lowest BCUT2D eigenvalue weighted by atomic mass is 10.0. The fourth-order valence-electron chi connectivity index (χ4n) is 15.2. The van der Waals surface area contributed by atoms with Gasteiger partial charge in [-0.15, -0.1) is 0 Å². The van der Waals surface area contributed by atoms with E-state index in [0.717, 1.165) is 5.69 Å². The van der Waals surface area contributed by atoms with Crippen LogP contribution in [-0.4, -0.2) is 18.3 Å². The Morgan fingerprint density at radius 1 is 0.138 bits per heavy atom. The third kappa shape index (κ3) is 8.61. The molecule has 4 aromatic heterocycles. The largest absolute Gasteiger partial charge is 0.309 e. The quantitative estimate of drug-likeness (QED) is 0.152. The standard InChI is InChI=1S/C46H30N2.C44H28N2/c1-2-10-31(11-3-1)33-18-23-37(24-19-33)47-43-16-8-6-14-39(43)41-29-35(21-26-45(41)47)36-22-27-46-42(30-36)40-15-7-9-17-44(40)48(46)38-25-20-32-12-4-5-13-34(32)28-38;1-2-12-31-26-34(23-20-29(31)10-1)45-41-17-7-5-15-36(41)38-27-32(21-24-43(38)45)33-22-25-44-39(28-33)37-16-6-8-18-42(37)46(44)40-19-9-13-30-11-3-4-14-35(30)40/h1-30H;1-28H. The number of rotatable bonds is 7. The Labute approximate surface area is 542 Å². The van der Waals surface area contributed by atoms with E-state index < -0.39 is 0 Å². The average molecular weight is 1200 g/mol. The second kappa shape index (κ2) is 21.6. The molecule has 0 aliphatic heterocycles. The van der Waals surface area contributed by atoms with Crippen LogP contribution in [0.1, 0.15) is 0 Å². The van der Waals surface area contributed by atoms with Crippen molar-refractivity contribution in [1.29, 1.82) is 0 Å². The van der Waals surface area contributed by atoms with Gasteiger partial charge < -0.3 is 18.3 Å². The topological polar surface area (TPSA) is 19.7 Å². The highest BCUT2D eigenvalue weighted by atomic mass is 15.0. The third-order valence-corrected chi connectivity index (χ3v) is 19.6. The van der Waals surface area contributed by atoms with E-state index in [0.29, 0.717) is 0 Å². The van der Waals surface area contributed by atoms with E-state index in [1.165, 1.54) is 170 Å². The summed E-state index contributed by atoms with van der Waals surface area (Å²) < 4.78 is 9.63. The molecular weight excluding hydrogens is 1140 g/mol. The number of aromatic nitrogens is 4. The molecule has 0 saturated heterocycles. The number of benzene rings is 16. The average Bonchev–Trinajstić information content (AvgIpc) is 1.61. The highest BCUT2D eigenvalue weighted by molar-refractivity contribution is 6.15. The second-order valence-corrected chi connectivity index (χ2v) is 24.8. The first-order chi connectivity index (χ1) is 46.6. The van der Waals surface area contributed by atoms with Crippen LogP contribution in [0.25, 0.3) is 176 Å². The zero-order valence-electron chi connectivity index (χ0n) is 51.3. The van der Waals surface area contributed by atoms with E-state index >= 15 is 0 Å². The van der Waals surface area contributed by atoms with Crippen molar-refractivity contribution in [2.45, 2.75) is 0 Å². The van der Waals surface area contributed by atoms with Crippen LogP contribution in [0.2, 0.25) is 0 Å². The molecule has 438 valence electrons. The minimum Gasteiger partial charge on any atom is -0.309 e. The number of para-hydroxylation sites is 4. The highest BCUT2D eigenvalue weighted by Crippen LogP contribution is 2.42. The van der Waals surface area contributed by atoms with E-state index in [1.54, 1.807) is 0 Å². The van der Waals surface area contributed by atoms with Gasteiger partial charge >= 0.3 is 0 Å². The van der Waals surface area contributed by atoms with Crippen LogP contribution in [0.4, 0.5) is 0 Å². The van der Waals surface area contributed by atoms with Crippen molar-refractivity contribution in [3.05, 3.63) is 352 Å². The summed E-state index contributed by atoms with van der Waals surface area (Å²) in [6, 6.07) is 128. The summed E-state index contributed by atoms with van der Waals surface area (Å²) in [6.45, 7) is 0. The van der Waals surface area contributed by atoms with Crippen LogP contribution in [-0.2, 0) is 0 Å². The minimum absolute atomic E-state index is 1.16. The molecule has 4 heteroatoms. The Balaban J connectivity index is 0.000000134. The van der Waals surface area contributed by atoms with Gasteiger partial charge in [0.25, 0.3) is 0 Å². The molecule has 0 radical (unpaired) electrons. The molecule has 0 saturated carbocycles. The molecule has 0 unspecified atom stereocenters. The summed E-state index contributed by atoms with van der Waals surface area (Å²) in [7, 11) is 0. The molecule has 0 spiro atoms. The number of fused-ring (bicyclic) bond motifs is 15. The van der Waals surface area contributed by atoms with Gasteiger partial charge in [0.1, 0.15) is 0 Å². The number of hydrogen-bond acceptors (Lipinski definition) is 0. The molecule has 0 amide bonds. The Bertz CT molecular complexity index is 6410. The van der Waals surface area contributed by atoms with Crippen LogP contribution in [0.15, 0.2) is 352 Å². The van der Waals surface area contributed by atoms with Crippen LogP contribution in [0.5, 0.6) is 0 Å². The van der Waals surface area contributed by atoms with Gasteiger partial charge in [-0.2, -0.15) is 0 Å². The predicted octanol–water partition coefficient (Wildman–Crippen LogP) is 24.2. The smallest absolute Gasteiger partial charge is 0.0541 e. The fraction of sp³-hybridized carbons (Fsp3) is 0. The van der Waals surface area contributed by atoms with Crippen LogP contribution in [0, 0.1) is 0 Å². The molecular formula is C90H58N4. The molecule has 0 atom stereocenters. The Kier molecular flexibility index (Phi) is 12.3. The molecule has 94 heavy (non-hydrogen) atoms. The highest BCUT2D eigenvalue weighted by Gasteiger charge is 2.20. The van der Waals surface area contributed by atoms with Gasteiger partial charge in [-0.05, 0) is 176 Å². The van der Waals surface area contributed by atoms with Crippen molar-refractivity contribution in [3.63, 3.8) is 0 Å². The number of hydrogen-bond donors (Lipinski definition) is 0. The predicted molar refractivity (Wildman–Crippen MR) is 399 cm³/mol. The monoisotopic (exact) mass is 1190 g/mol. The summed E-state index contributed by atoms with van der Waals surface area (Å²) in [5.74, 6) is 0. The Morgan fingerprint density at radius 2 is 0.436 bits per heavy atom. The van der Waals surface area contributed by atoms with E-state index in [2.05, 4.69) is 370 Å². The second-order valence-electron chi connectivity index (χ2n) is 24.8. The first-order valence-corrected chi connectivity index (χ1v) is 32.4. The molecule has 16 aromatic carbocycles. The number of nitrogens with zero attached hydrogens (tertiary/aromatic N) is 4. The minimum atomic E-state index is 1.16. The summed E-state index contributed by atoms with van der Waals surface area (Å²) in [5, 5.41) is 17.6. The maximum Gasteiger partial charge on any atom is 0.0541 e. The third-order valence-electron chi connectivity index (χ3n) is 19.6. The van der Waals surface area contributed by atoms with E-state index in [-0.39, 0.29) is 0 Å². The van der Waals surface area contributed by atoms with Crippen molar-refractivity contribution in [3.8, 4) is 56.1 Å². The molecule has 4 nitrogen and oxygen atoms in total. The lowest BCUT2D eigenvalue weighted by Crippen LogP contribution is -1.95. The van der Waals surface area contributed by atoms with Gasteiger partial charge in [0.2, 0.25) is 0 Å². The van der Waals surface area contributed by atoms with Gasteiger partial charge in [-0.25, -0.2) is 0 Å². The molecule has 0 aliphatic rings. The molecule has 0 fully saturated rings. The Morgan fingerprint density at radius 3 is 0.883 bits per heavy atom. The lowest BCUT2D eigenvalue weighted by Gasteiger charge is -2.12. The van der Waals surface area contributed by atoms with Crippen molar-refractivity contribution in [2.75, 3.05) is 0 Å². The maximum atomic E-state index is 2.43. The normalized spacial score (nSPS) is 11.8. The zero-order chi connectivity index (χ0) is 61.8. The van der Waals surface area contributed by atoms with Crippen molar-refractivity contribution in [2.24, 2.45) is 0 Å². The van der Waals surface area contributed by atoms with Gasteiger partial charge in [0.05, 0.1) is 49.8 Å². The summed E-state index contributed by atoms with van der Waals surface area (Å²) >= 11 is 0. The summed E-state index contributed by atoms with van der Waals surface area (Å²) in [6.07, 6.45) is 0. The van der Waals surface area contributed by atoms with Gasteiger partial charge in [-0.3, -0.25) is 0 Å². The fourth-order valence-corrected chi connectivity index (χ4v) is 15.2. The molecule has 20 rings (SSSR count). The molecule has 0 N–H and O–H groups in total. The van der Waals surface area contributed by atoms with Gasteiger partial charge in [0.15, 0.2) is 0 Å². The summed E-state index contributed by atoms with van der Waals surface area (Å²) in [4.78, 5) is 0. The maximum absolute atomic E-state index is 2.43. The van der Waals surface area contributed by atoms with Crippen molar-refractivity contribution in [1.82, 2.24) is 18.3 Å². The van der Waals surface area contributed by atoms with E-state index in [4.69, 9.17) is 0 Å². The molecule has 0 bridgehead atoms. The van der Waals surface area contributed by atoms with Crippen LogP contribution < -0.4 is 0 Å². The molecule has 20 aromatic rings. The van der Waals surface area contributed by atoms with E-state index in [1.807, 2.05) is 0 Å². The molecule has 0 aliphatic carbocycles. The molecule has 4 heterocycles. The van der Waals surface area contributed by atoms with E-state index in [9.17, 15) is 0 Å². The van der Waals surface area contributed by atoms with Crippen molar-refractivity contribution < 1.29 is 0 Å². The van der Waals surface area contributed by atoms with Crippen LogP contribution >= 0.6 is 0 Å². The lowest BCUT2D eigenvalue weighted by molar-refractivity contribution is 1.18. The Hall–Kier alpha value is -12.5. The van der Waals surface area contributed by atoms with Crippen molar-refractivity contribution >= 4 is 120 Å². The van der Waals surface area contributed by atoms with Gasteiger partial charge in [-0.1, -0.05) is 237 Å². The SMILES string of the molecule is c1ccc(-c2ccc(-n3c4ccccc4c4cc(-c5ccc6c(c5)c5ccccc5n6-c5ccc6ccccc6c5)ccc43)cc2)cc1.c1ccc2cc(-n3c4ccccc4c4cc(-c5ccc6c(c5)c5ccccc5n6-c5cccc6ccccc56)ccc43)ccc2c1. The first-order valence-electron chi connectivity index (χ1n) is 32.4. The van der Waals surface area contributed by atoms with Crippen LogP contribution in [0.3, 0.4) is 0 Å². The van der Waals surface area contributed by atoms with Gasteiger partial charge in [0, 0.05) is 65.5 Å². The zero-order valence-corrected chi connectivity index (χ0v) is 51.3.